The van der Waals surface area contributed by atoms with E-state index in [-0.39, 0.29) is 17.2 Å². The van der Waals surface area contributed by atoms with E-state index >= 15 is 0 Å². The Kier molecular flexibility index (Phi) is 10.2. The van der Waals surface area contributed by atoms with E-state index in [0.717, 1.165) is 0 Å². The molecule has 1 N–H and O–H groups in total. The zero-order chi connectivity index (χ0) is 13.5. The summed E-state index contributed by atoms with van der Waals surface area (Å²) in [4.78, 5) is 13.9. The summed E-state index contributed by atoms with van der Waals surface area (Å²) in [7, 11) is 2.42. The Morgan fingerprint density at radius 1 is 1.33 bits per heavy atom. The van der Waals surface area contributed by atoms with Crippen LogP contribution in [0.15, 0.2) is 0 Å². The first-order valence-electron chi connectivity index (χ1n) is 5.12. The molecule has 1 aliphatic heterocycles. The topological polar surface area (TPSA) is 75.6 Å². The van der Waals surface area contributed by atoms with Crippen molar-refractivity contribution in [3.05, 3.63) is 0 Å². The molecular weight excluding hydrogens is 455 g/mol. The van der Waals surface area contributed by atoms with Crippen LogP contribution in [0, 0.1) is 0 Å². The quantitative estimate of drug-likeness (QED) is 0.218. The van der Waals surface area contributed by atoms with Gasteiger partial charge in [0, 0.05) is 0 Å². The Bertz CT molecular complexity index is 239. The van der Waals surface area contributed by atoms with Crippen LogP contribution in [0.2, 0.25) is 0 Å². The zero-order valence-corrected chi connectivity index (χ0v) is 17.5. The molecule has 1 aliphatic rings. The Hall–Kier alpha value is 2.24. The van der Waals surface area contributed by atoms with Gasteiger partial charge in [0.1, 0.15) is 0 Å². The second kappa shape index (κ2) is 10.0. The first-order valence-corrected chi connectivity index (χ1v) is 17.9. The number of rotatable bonds is 8. The Labute approximate surface area is 140 Å². The molecule has 0 aromatic rings. The molecule has 5 unspecified atom stereocenters. The van der Waals surface area contributed by atoms with Crippen LogP contribution >= 0.6 is 8.60 Å². The summed E-state index contributed by atoms with van der Waals surface area (Å²) in [6.45, 7) is 0.390. The van der Waals surface area contributed by atoms with Crippen LogP contribution in [0.5, 0.6) is 0 Å². The van der Waals surface area contributed by atoms with Gasteiger partial charge in [0.25, 0.3) is 0 Å². The Balaban J connectivity index is 2.66. The van der Waals surface area contributed by atoms with E-state index in [1.54, 1.807) is 14.2 Å². The molecule has 1 radical (unpaired) electrons. The van der Waals surface area contributed by atoms with Crippen LogP contribution in [0.25, 0.3) is 0 Å². The van der Waals surface area contributed by atoms with Gasteiger partial charge in [0.2, 0.25) is 0 Å². The molecule has 1 fully saturated rings. The van der Waals surface area contributed by atoms with E-state index in [0.29, 0.717) is 55.9 Å². The predicted octanol–water partition coefficient (Wildman–Crippen LogP) is -0.657. The summed E-state index contributed by atoms with van der Waals surface area (Å²) < 4.78 is 26.4. The third kappa shape index (κ3) is 5.22. The van der Waals surface area contributed by atoms with Gasteiger partial charge in [-0.2, -0.15) is 0 Å². The van der Waals surface area contributed by atoms with Crippen LogP contribution in [0.1, 0.15) is 0 Å². The van der Waals surface area contributed by atoms with Gasteiger partial charge in [-0.3, -0.25) is 0 Å². The molecule has 0 bridgehead atoms. The Morgan fingerprint density at radius 3 is 2.56 bits per heavy atom. The van der Waals surface area contributed by atoms with E-state index in [2.05, 4.69) is 9.56 Å². The summed E-state index contributed by atoms with van der Waals surface area (Å²) in [5.41, 5.74) is 0. The van der Waals surface area contributed by atoms with Crippen molar-refractivity contribution in [3.63, 3.8) is 0 Å². The molecular formula is C8H16BaO7PSe. The van der Waals surface area contributed by atoms with Crippen LogP contribution in [0.4, 0.5) is 0 Å². The van der Waals surface area contributed by atoms with Gasteiger partial charge in [0.05, 0.1) is 0 Å². The molecule has 5 atom stereocenters. The van der Waals surface area contributed by atoms with E-state index in [1.165, 1.54) is 7.11 Å². The first-order chi connectivity index (χ1) is 8.67. The summed E-state index contributed by atoms with van der Waals surface area (Å²) in [5, 5.41) is 0.0573. The summed E-state index contributed by atoms with van der Waals surface area (Å²) in [6.07, 6.45) is -0.421. The average Bonchev–Trinajstić information content (AvgIpc) is 2.67. The molecule has 0 amide bonds. The minimum atomic E-state index is -2.10. The number of methoxy groups -OCH3 is 2. The average molecular weight is 471 g/mol. The third-order valence-electron chi connectivity index (χ3n) is 2.38. The van der Waals surface area contributed by atoms with Gasteiger partial charge < -0.3 is 0 Å². The van der Waals surface area contributed by atoms with Gasteiger partial charge in [0.15, 0.2) is 0 Å². The molecule has 0 aliphatic carbocycles. The molecule has 0 saturated carbocycles. The second-order valence-electron chi connectivity index (χ2n) is 3.41. The van der Waals surface area contributed by atoms with Crippen molar-refractivity contribution in [2.24, 2.45) is 0 Å². The zero-order valence-electron chi connectivity index (χ0n) is 10.5. The van der Waals surface area contributed by atoms with Crippen LogP contribution in [-0.2, 0) is 28.3 Å². The van der Waals surface area contributed by atoms with Crippen molar-refractivity contribution in [2.45, 2.75) is 23.3 Å². The second-order valence-corrected chi connectivity index (χ2v) is 11.4. The number of ether oxygens (including phenoxy) is 3. The molecule has 18 heavy (non-hydrogen) atoms. The van der Waals surface area contributed by atoms with Gasteiger partial charge in [-0.25, -0.2) is 0 Å². The van der Waals surface area contributed by atoms with Crippen molar-refractivity contribution in [2.75, 3.05) is 27.9 Å². The Morgan fingerprint density at radius 2 is 2.06 bits per heavy atom. The number of hydrogen-bond acceptors (Lipinski definition) is 7. The molecule has 1 rings (SSSR count). The molecule has 103 valence electrons. The molecule has 10 heteroatoms. The monoisotopic (exact) mass is 473 g/mol. The number of hydrogen-bond donors (Lipinski definition) is 1. The molecule has 0 aromatic carbocycles. The first kappa shape index (κ1) is 18.3. The van der Waals surface area contributed by atoms with E-state index in [9.17, 15) is 4.89 Å². The van der Waals surface area contributed by atoms with Crippen LogP contribution < -0.4 is 0 Å². The van der Waals surface area contributed by atoms with Crippen molar-refractivity contribution >= 4 is 57.8 Å². The molecule has 7 nitrogen and oxygen atoms in total. The van der Waals surface area contributed by atoms with Gasteiger partial charge in [-0.05, 0) is 0 Å². The summed E-state index contributed by atoms with van der Waals surface area (Å²) in [6, 6.07) is 0. The van der Waals surface area contributed by atoms with E-state index in [4.69, 9.17) is 18.7 Å². The van der Waals surface area contributed by atoms with Crippen molar-refractivity contribution < 1.29 is 33.2 Å². The van der Waals surface area contributed by atoms with Gasteiger partial charge in [-0.1, -0.05) is 0 Å². The van der Waals surface area contributed by atoms with Gasteiger partial charge >= 0.3 is 142 Å². The summed E-state index contributed by atoms with van der Waals surface area (Å²) in [5.74, 6) is 0. The normalized spacial score (nSPS) is 33.7. The van der Waals surface area contributed by atoms with E-state index in [1.807, 2.05) is 0 Å². The maximum absolute atomic E-state index is 9.53. The fourth-order valence-electron chi connectivity index (χ4n) is 1.68. The minimum absolute atomic E-state index is 0.0573. The maximum atomic E-state index is 9.53. The molecule has 0 spiro atoms. The standard InChI is InChI=1S/C8H17O7PSe.Ba/c1-10-4-5-6(14-16(9)15-12-3)7(11-2)8(17)13-5;/h5-9,17H,4H2,1-3H3;/q;+1/p-1. The predicted molar refractivity (Wildman–Crippen MR) is 64.9 cm³/mol. The third-order valence-corrected chi connectivity index (χ3v) is 9.93. The molecule has 1 saturated heterocycles. The molecule has 0 aromatic heterocycles. The van der Waals surface area contributed by atoms with Crippen molar-refractivity contribution in [1.29, 1.82) is 0 Å². The summed E-state index contributed by atoms with van der Waals surface area (Å²) >= 11 is 0.659. The van der Waals surface area contributed by atoms with Crippen LogP contribution in [0.3, 0.4) is 0 Å². The van der Waals surface area contributed by atoms with Gasteiger partial charge in [-0.15, -0.1) is 0 Å². The SMILES string of the molecule is COCC1OC([Se][Ba])C(OC)C1OP(O)OOC. The van der Waals surface area contributed by atoms with Crippen LogP contribution in [-0.4, -0.2) is 105 Å². The fourth-order valence-corrected chi connectivity index (χ4v) is 8.11. The fraction of sp³-hybridized carbons (Fsp3) is 1.00. The molecule has 1 heterocycles. The van der Waals surface area contributed by atoms with Crippen molar-refractivity contribution in [3.8, 4) is 0 Å². The van der Waals surface area contributed by atoms with E-state index < -0.39 is 14.7 Å². The van der Waals surface area contributed by atoms with Crippen molar-refractivity contribution in [1.82, 2.24) is 0 Å².